The van der Waals surface area contributed by atoms with E-state index in [2.05, 4.69) is 5.48 Å². The molecule has 0 aromatic heterocycles. The number of nitrogens with zero attached hydrogens (tertiary/aromatic N) is 1. The van der Waals surface area contributed by atoms with Gasteiger partial charge < -0.3 is 4.74 Å². The van der Waals surface area contributed by atoms with Gasteiger partial charge in [-0.15, -0.1) is 0 Å². The summed E-state index contributed by atoms with van der Waals surface area (Å²) in [7, 11) is 1.57. The van der Waals surface area contributed by atoms with Crippen molar-refractivity contribution in [3.05, 3.63) is 34.4 Å². The fourth-order valence-corrected chi connectivity index (χ4v) is 0.942. The summed E-state index contributed by atoms with van der Waals surface area (Å²) in [5, 5.41) is 10.4. The van der Waals surface area contributed by atoms with E-state index in [4.69, 9.17) is 9.57 Å². The Bertz CT molecular complexity index is 330. The fraction of sp³-hybridized carbons (Fsp3) is 0.333. The molecule has 0 bridgehead atoms. The summed E-state index contributed by atoms with van der Waals surface area (Å²) in [6, 6.07) is 6.08. The van der Waals surface area contributed by atoms with Gasteiger partial charge in [-0.3, -0.25) is 20.4 Å². The van der Waals surface area contributed by atoms with Crippen molar-refractivity contribution in [1.29, 1.82) is 0 Å². The Morgan fingerprint density at radius 3 is 2.93 bits per heavy atom. The van der Waals surface area contributed by atoms with Crippen LogP contribution in [0.2, 0.25) is 0 Å². The fourth-order valence-electron chi connectivity index (χ4n) is 0.942. The zero-order chi connectivity index (χ0) is 11.1. The maximum Gasteiger partial charge on any atom is 0.271 e. The number of hydrogen-bond donors (Lipinski definition) is 1. The van der Waals surface area contributed by atoms with Crippen LogP contribution in [0.1, 0.15) is 0 Å². The number of rotatable bonds is 6. The maximum atomic E-state index is 10.4. The van der Waals surface area contributed by atoms with Crippen LogP contribution in [0.25, 0.3) is 0 Å². The van der Waals surface area contributed by atoms with Crippen LogP contribution in [0, 0.1) is 10.1 Å². The van der Waals surface area contributed by atoms with Crippen molar-refractivity contribution < 1.29 is 14.5 Å². The van der Waals surface area contributed by atoms with Gasteiger partial charge in [0, 0.05) is 19.2 Å². The largest absolute Gasteiger partial charge is 0.382 e. The van der Waals surface area contributed by atoms with Gasteiger partial charge in [0.2, 0.25) is 0 Å². The van der Waals surface area contributed by atoms with Gasteiger partial charge in [-0.2, -0.15) is 0 Å². The Morgan fingerprint density at radius 1 is 1.47 bits per heavy atom. The molecule has 0 heterocycles. The van der Waals surface area contributed by atoms with Crippen molar-refractivity contribution in [3.8, 4) is 0 Å². The van der Waals surface area contributed by atoms with Crippen LogP contribution in [-0.2, 0) is 9.57 Å². The molecule has 82 valence electrons. The Labute approximate surface area is 86.9 Å². The van der Waals surface area contributed by atoms with E-state index < -0.39 is 4.92 Å². The average Bonchev–Trinajstić information content (AvgIpc) is 2.25. The summed E-state index contributed by atoms with van der Waals surface area (Å²) in [6.45, 7) is 0.834. The van der Waals surface area contributed by atoms with Gasteiger partial charge in [-0.1, -0.05) is 6.07 Å². The molecule has 0 saturated carbocycles. The van der Waals surface area contributed by atoms with Gasteiger partial charge in [-0.05, 0) is 6.07 Å². The van der Waals surface area contributed by atoms with Crippen molar-refractivity contribution in [2.24, 2.45) is 0 Å². The molecule has 1 N–H and O–H groups in total. The van der Waals surface area contributed by atoms with Crippen LogP contribution in [0.5, 0.6) is 0 Å². The highest BCUT2D eigenvalue weighted by atomic mass is 16.7. The minimum Gasteiger partial charge on any atom is -0.382 e. The summed E-state index contributed by atoms with van der Waals surface area (Å²) >= 11 is 0. The van der Waals surface area contributed by atoms with Crippen molar-refractivity contribution in [2.75, 3.05) is 25.8 Å². The topological polar surface area (TPSA) is 73.6 Å². The molecular weight excluding hydrogens is 200 g/mol. The van der Waals surface area contributed by atoms with Gasteiger partial charge >= 0.3 is 0 Å². The molecule has 0 aliphatic heterocycles. The molecule has 1 rings (SSSR count). The van der Waals surface area contributed by atoms with E-state index >= 15 is 0 Å². The van der Waals surface area contributed by atoms with Gasteiger partial charge in [0.15, 0.2) is 0 Å². The molecule has 0 fully saturated rings. The summed E-state index contributed by atoms with van der Waals surface area (Å²) in [6.07, 6.45) is 0. The normalized spacial score (nSPS) is 9.93. The van der Waals surface area contributed by atoms with Crippen molar-refractivity contribution in [2.45, 2.75) is 0 Å². The van der Waals surface area contributed by atoms with E-state index in [9.17, 15) is 10.1 Å². The summed E-state index contributed by atoms with van der Waals surface area (Å²) in [5.41, 5.74) is 3.16. The standard InChI is InChI=1S/C9H12N2O4/c1-14-5-6-15-10-8-3-2-4-9(7-8)11(12)13/h2-4,7,10H,5-6H2,1H3. The zero-order valence-electron chi connectivity index (χ0n) is 8.30. The quantitative estimate of drug-likeness (QED) is 0.440. The SMILES string of the molecule is COCCONc1cccc([N+](=O)[O-])c1. The van der Waals surface area contributed by atoms with Crippen molar-refractivity contribution in [3.63, 3.8) is 0 Å². The van der Waals surface area contributed by atoms with E-state index in [1.54, 1.807) is 19.2 Å². The third-order valence-corrected chi connectivity index (χ3v) is 1.64. The molecule has 0 atom stereocenters. The molecule has 0 spiro atoms. The lowest BCUT2D eigenvalue weighted by atomic mass is 10.3. The van der Waals surface area contributed by atoms with E-state index in [1.807, 2.05) is 0 Å². The maximum absolute atomic E-state index is 10.4. The number of non-ortho nitro benzene ring substituents is 1. The highest BCUT2D eigenvalue weighted by Crippen LogP contribution is 2.16. The number of benzene rings is 1. The van der Waals surface area contributed by atoms with Crippen LogP contribution in [0.3, 0.4) is 0 Å². The Balaban J connectivity index is 2.47. The van der Waals surface area contributed by atoms with Gasteiger partial charge in [-0.25, -0.2) is 0 Å². The van der Waals surface area contributed by atoms with Gasteiger partial charge in [0.1, 0.15) is 0 Å². The monoisotopic (exact) mass is 212 g/mol. The summed E-state index contributed by atoms with van der Waals surface area (Å²) in [4.78, 5) is 15.0. The zero-order valence-corrected chi connectivity index (χ0v) is 8.30. The van der Waals surface area contributed by atoms with Gasteiger partial charge in [0.25, 0.3) is 5.69 Å². The number of nitro benzene ring substituents is 1. The molecule has 1 aromatic carbocycles. The highest BCUT2D eigenvalue weighted by Gasteiger charge is 2.04. The highest BCUT2D eigenvalue weighted by molar-refractivity contribution is 5.49. The van der Waals surface area contributed by atoms with Crippen LogP contribution in [0.15, 0.2) is 24.3 Å². The van der Waals surface area contributed by atoms with Crippen molar-refractivity contribution in [1.82, 2.24) is 0 Å². The third kappa shape index (κ3) is 3.92. The molecular formula is C9H12N2O4. The Morgan fingerprint density at radius 2 is 2.27 bits per heavy atom. The van der Waals surface area contributed by atoms with Crippen LogP contribution in [-0.4, -0.2) is 25.2 Å². The first kappa shape index (κ1) is 11.4. The summed E-state index contributed by atoms with van der Waals surface area (Å²) in [5.74, 6) is 0. The molecule has 6 heteroatoms. The minimum atomic E-state index is -0.458. The number of nitrogens with one attached hydrogen (secondary N) is 1. The Hall–Kier alpha value is -1.66. The van der Waals surface area contributed by atoms with E-state index in [0.29, 0.717) is 18.9 Å². The van der Waals surface area contributed by atoms with Crippen LogP contribution >= 0.6 is 0 Å². The predicted octanol–water partition coefficient (Wildman–Crippen LogP) is 1.58. The Kier molecular flexibility index (Phi) is 4.52. The molecule has 0 aliphatic carbocycles. The van der Waals surface area contributed by atoms with Crippen LogP contribution in [0.4, 0.5) is 11.4 Å². The first-order valence-corrected chi connectivity index (χ1v) is 4.35. The molecule has 0 aliphatic rings. The number of methoxy groups -OCH3 is 1. The number of hydrogen-bond acceptors (Lipinski definition) is 5. The molecule has 1 aromatic rings. The number of anilines is 1. The number of nitro groups is 1. The first-order chi connectivity index (χ1) is 7.24. The minimum absolute atomic E-state index is 0.0235. The third-order valence-electron chi connectivity index (χ3n) is 1.64. The molecule has 0 saturated heterocycles. The van der Waals surface area contributed by atoms with Crippen LogP contribution < -0.4 is 5.48 Å². The predicted molar refractivity (Wildman–Crippen MR) is 54.5 cm³/mol. The average molecular weight is 212 g/mol. The lowest BCUT2D eigenvalue weighted by Gasteiger charge is -2.05. The smallest absolute Gasteiger partial charge is 0.271 e. The molecule has 6 nitrogen and oxygen atoms in total. The van der Waals surface area contributed by atoms with Crippen molar-refractivity contribution >= 4 is 11.4 Å². The number of ether oxygens (including phenoxy) is 1. The molecule has 0 radical (unpaired) electrons. The first-order valence-electron chi connectivity index (χ1n) is 4.35. The second-order valence-corrected chi connectivity index (χ2v) is 2.75. The second-order valence-electron chi connectivity index (χ2n) is 2.75. The lowest BCUT2D eigenvalue weighted by molar-refractivity contribution is -0.384. The molecule has 0 amide bonds. The van der Waals surface area contributed by atoms with E-state index in [0.717, 1.165) is 0 Å². The van der Waals surface area contributed by atoms with E-state index in [-0.39, 0.29) is 5.69 Å². The molecule has 0 unspecified atom stereocenters. The molecule has 15 heavy (non-hydrogen) atoms. The lowest BCUT2D eigenvalue weighted by Crippen LogP contribution is -2.07. The summed E-state index contributed by atoms with van der Waals surface area (Å²) < 4.78 is 4.77. The van der Waals surface area contributed by atoms with Gasteiger partial charge in [0.05, 0.1) is 23.8 Å². The van der Waals surface area contributed by atoms with E-state index in [1.165, 1.54) is 12.1 Å². The second kappa shape index (κ2) is 5.94.